The summed E-state index contributed by atoms with van der Waals surface area (Å²) < 4.78 is 27.9. The number of ketones is 1. The maximum Gasteiger partial charge on any atom is 0.264 e. The van der Waals surface area contributed by atoms with Crippen molar-refractivity contribution >= 4 is 43.9 Å². The molecule has 0 saturated carbocycles. The number of aromatic nitrogens is 1. The summed E-state index contributed by atoms with van der Waals surface area (Å²) in [4.78, 5) is 29.8. The van der Waals surface area contributed by atoms with E-state index in [1.54, 1.807) is 18.2 Å². The molecular weight excluding hydrogens is 434 g/mol. The number of amides is 1. The number of thiazole rings is 1. The molecule has 0 radical (unpaired) electrons. The number of sulfonamides is 1. The lowest BCUT2D eigenvalue weighted by Gasteiger charge is -2.19. The lowest BCUT2D eigenvalue weighted by atomic mass is 10.0. The third-order valence-electron chi connectivity index (χ3n) is 5.52. The standard InChI is InChI=1S/C22H19N3O4S2/c26-19-10-4-8-17-20(19)30-22(23-17)24-21(27)15-6-3-7-16(13-15)31(28,29)25-12-11-14-5-1-2-9-18(14)25/h1-3,5-7,9,13H,4,8,10-12H2,(H,23,24,27). The molecule has 0 spiro atoms. The van der Waals surface area contributed by atoms with Crippen LogP contribution in [0, 0.1) is 0 Å². The lowest BCUT2D eigenvalue weighted by molar-refractivity contribution is 0.0975. The molecule has 0 fully saturated rings. The van der Waals surface area contributed by atoms with E-state index in [1.165, 1.54) is 27.8 Å². The van der Waals surface area contributed by atoms with Gasteiger partial charge in [0.15, 0.2) is 10.9 Å². The molecule has 0 bridgehead atoms. The molecule has 5 rings (SSSR count). The van der Waals surface area contributed by atoms with Gasteiger partial charge in [0.2, 0.25) is 0 Å². The number of carbonyl (C=O) groups is 2. The van der Waals surface area contributed by atoms with Crippen molar-refractivity contribution in [1.82, 2.24) is 4.98 Å². The van der Waals surface area contributed by atoms with Crippen LogP contribution in [-0.2, 0) is 22.9 Å². The van der Waals surface area contributed by atoms with Crippen molar-refractivity contribution in [2.24, 2.45) is 0 Å². The van der Waals surface area contributed by atoms with Gasteiger partial charge in [-0.15, -0.1) is 0 Å². The highest BCUT2D eigenvalue weighted by molar-refractivity contribution is 7.92. The summed E-state index contributed by atoms with van der Waals surface area (Å²) in [6, 6.07) is 13.4. The summed E-state index contributed by atoms with van der Waals surface area (Å²) in [6.45, 7) is 0.372. The summed E-state index contributed by atoms with van der Waals surface area (Å²) in [7, 11) is -3.79. The van der Waals surface area contributed by atoms with E-state index in [4.69, 9.17) is 0 Å². The molecule has 9 heteroatoms. The molecule has 1 aliphatic carbocycles. The first-order chi connectivity index (χ1) is 14.9. The molecule has 2 heterocycles. The number of hydrogen-bond donors (Lipinski definition) is 1. The van der Waals surface area contributed by atoms with Crippen molar-refractivity contribution in [1.29, 1.82) is 0 Å². The highest BCUT2D eigenvalue weighted by Crippen LogP contribution is 2.33. The predicted molar refractivity (Wildman–Crippen MR) is 118 cm³/mol. The SMILES string of the molecule is O=C(Nc1nc2c(s1)C(=O)CCC2)c1cccc(S(=O)(=O)N2CCc3ccccc32)c1. The molecule has 1 N–H and O–H groups in total. The number of rotatable bonds is 4. The Morgan fingerprint density at radius 2 is 1.90 bits per heavy atom. The van der Waals surface area contributed by atoms with Gasteiger partial charge in [-0.2, -0.15) is 0 Å². The van der Waals surface area contributed by atoms with Crippen LogP contribution in [0.5, 0.6) is 0 Å². The monoisotopic (exact) mass is 453 g/mol. The number of fused-ring (bicyclic) bond motifs is 2. The van der Waals surface area contributed by atoms with Gasteiger partial charge in [0.05, 0.1) is 21.2 Å². The Labute approximate surface area is 183 Å². The normalized spacial score (nSPS) is 15.5. The Morgan fingerprint density at radius 1 is 1.06 bits per heavy atom. The predicted octanol–water partition coefficient (Wildman–Crippen LogP) is 3.67. The van der Waals surface area contributed by atoms with E-state index in [-0.39, 0.29) is 16.2 Å². The number of nitrogens with zero attached hydrogens (tertiary/aromatic N) is 2. The van der Waals surface area contributed by atoms with Crippen LogP contribution in [0.1, 0.15) is 44.1 Å². The number of Topliss-reactive ketones (excluding diaryl/α,β-unsaturated/α-hetero) is 1. The average Bonchev–Trinajstić information content (AvgIpc) is 3.39. The number of nitrogens with one attached hydrogen (secondary N) is 1. The second-order valence-corrected chi connectivity index (χ2v) is 10.4. The molecule has 1 aliphatic heterocycles. The smallest absolute Gasteiger partial charge is 0.264 e. The van der Waals surface area contributed by atoms with Crippen LogP contribution in [0.4, 0.5) is 10.8 Å². The highest BCUT2D eigenvalue weighted by atomic mass is 32.2. The lowest BCUT2D eigenvalue weighted by Crippen LogP contribution is -2.29. The molecule has 2 aromatic carbocycles. The van der Waals surface area contributed by atoms with Gasteiger partial charge in [0, 0.05) is 18.5 Å². The number of anilines is 2. The van der Waals surface area contributed by atoms with Crippen molar-refractivity contribution in [2.75, 3.05) is 16.2 Å². The molecule has 3 aromatic rings. The largest absolute Gasteiger partial charge is 0.298 e. The zero-order chi connectivity index (χ0) is 21.6. The molecule has 31 heavy (non-hydrogen) atoms. The summed E-state index contributed by atoms with van der Waals surface area (Å²) >= 11 is 1.17. The van der Waals surface area contributed by atoms with E-state index in [9.17, 15) is 18.0 Å². The second-order valence-electron chi connectivity index (χ2n) is 7.51. The fourth-order valence-electron chi connectivity index (χ4n) is 3.97. The minimum Gasteiger partial charge on any atom is -0.298 e. The molecule has 2 aliphatic rings. The topological polar surface area (TPSA) is 96.4 Å². The Balaban J connectivity index is 1.40. The van der Waals surface area contributed by atoms with Gasteiger partial charge in [-0.3, -0.25) is 19.2 Å². The molecule has 1 aromatic heterocycles. The van der Waals surface area contributed by atoms with E-state index in [0.717, 1.165) is 24.1 Å². The van der Waals surface area contributed by atoms with E-state index < -0.39 is 15.9 Å². The van der Waals surface area contributed by atoms with E-state index in [0.29, 0.717) is 35.1 Å². The van der Waals surface area contributed by atoms with Crippen LogP contribution in [0.2, 0.25) is 0 Å². The molecule has 7 nitrogen and oxygen atoms in total. The van der Waals surface area contributed by atoms with E-state index in [1.807, 2.05) is 18.2 Å². The zero-order valence-electron chi connectivity index (χ0n) is 16.5. The van der Waals surface area contributed by atoms with Gasteiger partial charge >= 0.3 is 0 Å². The number of para-hydroxylation sites is 1. The first-order valence-corrected chi connectivity index (χ1v) is 12.2. The van der Waals surface area contributed by atoms with Crippen molar-refractivity contribution in [3.63, 3.8) is 0 Å². The van der Waals surface area contributed by atoms with Crippen LogP contribution in [0.25, 0.3) is 0 Å². The molecule has 0 atom stereocenters. The highest BCUT2D eigenvalue weighted by Gasteiger charge is 2.31. The third-order valence-corrected chi connectivity index (χ3v) is 8.38. The summed E-state index contributed by atoms with van der Waals surface area (Å²) in [6.07, 6.45) is 2.64. The Morgan fingerprint density at radius 3 is 2.74 bits per heavy atom. The Hall–Kier alpha value is -3.04. The van der Waals surface area contributed by atoms with E-state index >= 15 is 0 Å². The fourth-order valence-corrected chi connectivity index (χ4v) is 6.50. The number of hydrogen-bond acceptors (Lipinski definition) is 6. The first-order valence-electron chi connectivity index (χ1n) is 9.98. The van der Waals surface area contributed by atoms with Gasteiger partial charge in [0.25, 0.3) is 15.9 Å². The average molecular weight is 454 g/mol. The van der Waals surface area contributed by atoms with E-state index in [2.05, 4.69) is 10.3 Å². The Kier molecular flexibility index (Phi) is 4.86. The maximum absolute atomic E-state index is 13.2. The second kappa shape index (κ2) is 7.58. The third kappa shape index (κ3) is 3.53. The van der Waals surface area contributed by atoms with Crippen LogP contribution in [0.3, 0.4) is 0 Å². The van der Waals surface area contributed by atoms with Crippen molar-refractivity contribution < 1.29 is 18.0 Å². The van der Waals surface area contributed by atoms with Crippen LogP contribution in [-0.4, -0.2) is 31.6 Å². The van der Waals surface area contributed by atoms with Crippen LogP contribution < -0.4 is 9.62 Å². The zero-order valence-corrected chi connectivity index (χ0v) is 18.1. The fraction of sp³-hybridized carbons (Fsp3) is 0.227. The van der Waals surface area contributed by atoms with Gasteiger partial charge in [-0.1, -0.05) is 35.6 Å². The number of aryl methyl sites for hydroxylation is 1. The minimum atomic E-state index is -3.79. The van der Waals surface area contributed by atoms with Gasteiger partial charge in [-0.05, 0) is 49.1 Å². The van der Waals surface area contributed by atoms with Crippen molar-refractivity contribution in [2.45, 2.75) is 30.6 Å². The summed E-state index contributed by atoms with van der Waals surface area (Å²) in [5.74, 6) is -0.407. The molecule has 1 amide bonds. The number of carbonyl (C=O) groups excluding carboxylic acids is 2. The minimum absolute atomic E-state index is 0.0539. The summed E-state index contributed by atoms with van der Waals surface area (Å²) in [5, 5.41) is 3.06. The Bertz CT molecular complexity index is 1310. The van der Waals surface area contributed by atoms with Gasteiger partial charge in [0.1, 0.15) is 0 Å². The summed E-state index contributed by atoms with van der Waals surface area (Å²) in [5.41, 5.74) is 2.60. The molecular formula is C22H19N3O4S2. The number of benzene rings is 2. The van der Waals surface area contributed by atoms with Crippen LogP contribution in [0.15, 0.2) is 53.4 Å². The molecule has 0 unspecified atom stereocenters. The first kappa shape index (κ1) is 19.9. The molecule has 158 valence electrons. The quantitative estimate of drug-likeness (QED) is 0.650. The van der Waals surface area contributed by atoms with Crippen molar-refractivity contribution in [3.8, 4) is 0 Å². The molecule has 0 saturated heterocycles. The van der Waals surface area contributed by atoms with Crippen LogP contribution >= 0.6 is 11.3 Å². The van der Waals surface area contributed by atoms with Crippen molar-refractivity contribution in [3.05, 3.63) is 70.2 Å². The van der Waals surface area contributed by atoms with Gasteiger partial charge < -0.3 is 0 Å². The maximum atomic E-state index is 13.2. The van der Waals surface area contributed by atoms with Gasteiger partial charge in [-0.25, -0.2) is 13.4 Å².